The van der Waals surface area contributed by atoms with E-state index in [9.17, 15) is 81.7 Å². The van der Waals surface area contributed by atoms with Crippen LogP contribution in [0, 0.1) is 11.3 Å². The zero-order valence-corrected chi connectivity index (χ0v) is 66.9. The number of aromatic nitrogens is 5. The fraction of sp³-hybridized carbons (Fsp3) is 0.431. The molecule has 0 spiro atoms. The summed E-state index contributed by atoms with van der Waals surface area (Å²) in [4.78, 5) is 91.8. The molecule has 606 valence electrons. The number of thiazole rings is 4. The van der Waals surface area contributed by atoms with Crippen LogP contribution in [0.25, 0.3) is 6.08 Å². The number of aliphatic imine (C=N–C) groups is 12. The molecular formula is C72H85N19O18S5. The Balaban J connectivity index is 1.25. The number of ether oxygens (including phenoxy) is 1. The van der Waals surface area contributed by atoms with Crippen LogP contribution in [0.4, 0.5) is 0 Å². The average molecular weight is 1660 g/mol. The summed E-state index contributed by atoms with van der Waals surface area (Å²) in [5, 5.41) is 201. The normalized spacial score (nSPS) is 27.3. The van der Waals surface area contributed by atoms with E-state index in [0.29, 0.717) is 6.42 Å². The molecule has 1 unspecified atom stereocenters. The molecule has 0 radical (unpaired) electrons. The van der Waals surface area contributed by atoms with Crippen LogP contribution in [0.2, 0.25) is 0 Å². The number of cyclic esters (lactones) is 1. The number of aliphatic hydroxyl groups is 16. The summed E-state index contributed by atoms with van der Waals surface area (Å²) in [5.41, 5.74) is -6.70. The van der Waals surface area contributed by atoms with E-state index < -0.39 is 196 Å². The van der Waals surface area contributed by atoms with Crippen molar-refractivity contribution in [3.63, 3.8) is 0 Å². The van der Waals surface area contributed by atoms with Crippen LogP contribution in [-0.4, -0.2) is 254 Å². The van der Waals surface area contributed by atoms with Crippen molar-refractivity contribution in [2.45, 2.75) is 185 Å². The topological polar surface area (TPSA) is 599 Å². The summed E-state index contributed by atoms with van der Waals surface area (Å²) in [6, 6.07) is -11.4. The third kappa shape index (κ3) is 18.6. The van der Waals surface area contributed by atoms with Gasteiger partial charge in [-0.05, 0) is 85.8 Å². The lowest BCUT2D eigenvalue weighted by Crippen LogP contribution is -2.49. The molecule has 0 amide bonds. The lowest BCUT2D eigenvalue weighted by atomic mass is 9.81. The molecule has 18 N–H and O–H groups in total. The van der Waals surface area contributed by atoms with Crippen molar-refractivity contribution < 1.29 is 91.2 Å². The highest BCUT2D eigenvalue weighted by atomic mass is 32.2. The highest BCUT2D eigenvalue weighted by Gasteiger charge is 2.50. The van der Waals surface area contributed by atoms with Crippen molar-refractivity contribution in [2.24, 2.45) is 65.8 Å². The minimum absolute atomic E-state index is 0.0242. The molecule has 5 aromatic heterocycles. The number of allylic oxidation sites excluding steroid dienone is 1. The molecule has 0 saturated carbocycles. The minimum Gasteiger partial charge on any atom is -0.495 e. The molecule has 5 aromatic rings. The smallest absolute Gasteiger partial charge is 0.357 e. The number of hydrogen-bond donors (Lipinski definition) is 18. The maximum atomic E-state index is 15.1. The number of rotatable bonds is 12. The Morgan fingerprint density at radius 2 is 1.46 bits per heavy atom. The van der Waals surface area contributed by atoms with Gasteiger partial charge in [-0.15, -0.1) is 57.1 Å². The van der Waals surface area contributed by atoms with Gasteiger partial charge < -0.3 is 86.4 Å². The zero-order valence-electron chi connectivity index (χ0n) is 62.8. The second-order valence-electron chi connectivity index (χ2n) is 27.2. The van der Waals surface area contributed by atoms with E-state index in [4.69, 9.17) is 35.1 Å². The van der Waals surface area contributed by atoms with Gasteiger partial charge in [0.1, 0.15) is 125 Å². The average Bonchev–Trinajstić information content (AvgIpc) is 1.50. The third-order valence-electron chi connectivity index (χ3n) is 18.9. The summed E-state index contributed by atoms with van der Waals surface area (Å²) in [6.45, 7) is 25.2. The van der Waals surface area contributed by atoms with Gasteiger partial charge in [-0.2, -0.15) is 0 Å². The van der Waals surface area contributed by atoms with Crippen LogP contribution in [-0.2, 0) is 10.3 Å². The first-order valence-corrected chi connectivity index (χ1v) is 39.8. The Kier molecular flexibility index (Phi) is 26.7. The second-order valence-corrected chi connectivity index (χ2v) is 31.7. The number of pyridine rings is 1. The number of carbonyl (C=O) groups is 1. The Morgan fingerprint density at radius 3 is 2.13 bits per heavy atom. The van der Waals surface area contributed by atoms with E-state index in [-0.39, 0.29) is 94.7 Å². The summed E-state index contributed by atoms with van der Waals surface area (Å²) in [6.07, 6.45) is -2.92. The highest BCUT2D eigenvalue weighted by molar-refractivity contribution is 8.14. The number of carbonyl (C=O) groups excluding carboxylic acids is 1. The standard InChI is InChI=1S/C72H85N19O18S5/c1-14-26(3)47-63(105)78-30(7)57(99)75-28(5)56(98)76-31(8)58(100)91-72-19-18-40(66-85-43(22-111-66)59(101)77-29(6)55(97)74-27(4)54(73)96)81-52(72)42-21-112-67(83-42)49(34(11)109-69(107)41-20-37(32(9)92)36-16-17-39(79-47)51(95)50(36)80-41)89-60(102)44-24-113-68(86-44)53(71(13,108)35(12)94)90-62(104)45-23-110-65(84-45)38(15-2)82-64(106)48(33(10)93)88-61(103)46-25-114-70(72)87-46/h15-17,20-22,24-26,30-35,39,45,47-49,51-53,79,92-95,108H,4-6,14,18-19,23H2,1-3,7-13H3,(H2,73,96)(H,74,97)(H,75,99)(H,76,98)(H,77,101)(H,78,105)(H,82,106)(H,88,103)(H,89,102)(H,90,104)(H,91,100)/t26?,30-,31-,32-,33+,34+,35+,39+,45+,47-,48-,49-,51-,52-,53+,71-,72+/m0/s1. The Bertz CT molecular complexity index is 5060. The summed E-state index contributed by atoms with van der Waals surface area (Å²) in [5.74, 6) is -10.6. The molecule has 0 fully saturated rings. The van der Waals surface area contributed by atoms with E-state index in [0.717, 1.165) is 57.1 Å². The fourth-order valence-electron chi connectivity index (χ4n) is 11.9. The largest absolute Gasteiger partial charge is 0.495 e. The second kappa shape index (κ2) is 35.5. The van der Waals surface area contributed by atoms with E-state index >= 15 is 4.79 Å². The molecule has 37 nitrogen and oxygen atoms in total. The van der Waals surface area contributed by atoms with Crippen LogP contribution in [0.1, 0.15) is 189 Å². The number of fused-ring (bicyclic) bond motifs is 7. The van der Waals surface area contributed by atoms with Gasteiger partial charge in [0.2, 0.25) is 59.0 Å². The van der Waals surface area contributed by atoms with Crippen molar-refractivity contribution in [1.29, 1.82) is 5.41 Å². The van der Waals surface area contributed by atoms with E-state index in [1.165, 1.54) is 82.1 Å². The van der Waals surface area contributed by atoms with Crippen molar-refractivity contribution in [3.05, 3.63) is 148 Å². The Hall–Kier alpha value is -10.5. The van der Waals surface area contributed by atoms with Gasteiger partial charge in [0.15, 0.2) is 11.9 Å². The first-order valence-electron chi connectivity index (χ1n) is 35.3. The summed E-state index contributed by atoms with van der Waals surface area (Å²) < 4.78 is 6.28. The van der Waals surface area contributed by atoms with E-state index in [1.54, 1.807) is 26.0 Å². The minimum atomic E-state index is -2.20. The van der Waals surface area contributed by atoms with Gasteiger partial charge in [-0.25, -0.2) is 79.6 Å². The predicted molar refractivity (Wildman–Crippen MR) is 438 cm³/mol. The molecule has 17 atom stereocenters. The zero-order chi connectivity index (χ0) is 83.4. The molecule has 42 heteroatoms. The van der Waals surface area contributed by atoms with Gasteiger partial charge in [0.05, 0.1) is 53.2 Å². The Labute approximate surface area is 671 Å². The van der Waals surface area contributed by atoms with Crippen LogP contribution >= 0.6 is 57.1 Å². The van der Waals surface area contributed by atoms with Gasteiger partial charge in [0, 0.05) is 32.8 Å². The number of aliphatic hydroxyl groups excluding tert-OH is 15. The number of esters is 1. The SMILES string of the molecule is C=C(N=C(O)C(=C)N=C(O)c1csc(C2=N[C@H]3c4csc(n4)[C@H]4N=C(O)c5csc(n5)[C@H]([C@@](C)(O)[C@@H](C)O)N=C(O)[C@H]5CSC(=N5)C(=CC)N=C(O)[C@H]([C@@H](C)O)N=C(O)c5csc(n5)[C@]3(CC2)N=C(O)[C@H](C)N=C(O)C(=C)N=C(O)[C@H](C)N=C(O)[C@H](C(C)CC)N[C@@H]2C=Cc3c([C@H](C)O)cc(nc3[C@H]2O)C(=O)O[C@@H]4C)n1)C(=N)O. The monoisotopic (exact) mass is 1660 g/mol. The van der Waals surface area contributed by atoms with Crippen LogP contribution in [0.3, 0.4) is 0 Å². The van der Waals surface area contributed by atoms with Gasteiger partial charge >= 0.3 is 5.97 Å². The molecule has 0 saturated heterocycles. The maximum absolute atomic E-state index is 15.1. The van der Waals surface area contributed by atoms with Crippen LogP contribution in [0.5, 0.6) is 0 Å². The quantitative estimate of drug-likeness (QED) is 0.0314. The fourth-order valence-corrected chi connectivity index (χ4v) is 16.7. The summed E-state index contributed by atoms with van der Waals surface area (Å²) in [7, 11) is 0. The molecule has 0 aromatic carbocycles. The molecule has 9 heterocycles. The molecule has 5 aliphatic rings. The molecule has 4 aliphatic heterocycles. The van der Waals surface area contributed by atoms with E-state index in [1.807, 2.05) is 6.92 Å². The molecule has 114 heavy (non-hydrogen) atoms. The Morgan fingerprint density at radius 1 is 0.772 bits per heavy atom. The summed E-state index contributed by atoms with van der Waals surface area (Å²) >= 11 is 4.59. The van der Waals surface area contributed by atoms with Crippen LogP contribution < -0.4 is 5.32 Å². The molecule has 1 aliphatic carbocycles. The predicted octanol–water partition coefficient (Wildman–Crippen LogP) is 9.43. The first kappa shape index (κ1) is 85.9. The number of nitrogens with one attached hydrogen (secondary N) is 2. The highest BCUT2D eigenvalue weighted by Crippen LogP contribution is 2.51. The molecule has 10 rings (SSSR count). The third-order valence-corrected chi connectivity index (χ3v) is 23.7. The van der Waals surface area contributed by atoms with Gasteiger partial charge in [-0.1, -0.05) is 58.2 Å². The molecular weight excluding hydrogens is 1580 g/mol. The van der Waals surface area contributed by atoms with Crippen molar-refractivity contribution in [2.75, 3.05) is 5.75 Å². The van der Waals surface area contributed by atoms with Gasteiger partial charge in [0.25, 0.3) is 0 Å². The lowest BCUT2D eigenvalue weighted by Gasteiger charge is -2.37. The maximum Gasteiger partial charge on any atom is 0.357 e. The number of nitrogens with zero attached hydrogens (tertiary/aromatic N) is 17. The molecule has 13 bridgehead atoms. The van der Waals surface area contributed by atoms with E-state index in [2.05, 4.69) is 84.9 Å². The van der Waals surface area contributed by atoms with Gasteiger partial charge in [-0.3, -0.25) is 20.7 Å². The van der Waals surface area contributed by atoms with Crippen LogP contribution in [0.15, 0.2) is 142 Å². The van der Waals surface area contributed by atoms with Crippen molar-refractivity contribution in [1.82, 2.24) is 30.2 Å². The first-order chi connectivity index (χ1) is 53.7. The van der Waals surface area contributed by atoms with Crippen molar-refractivity contribution >= 4 is 145 Å². The number of thioether (sulfide) groups is 1. The van der Waals surface area contributed by atoms with Crippen molar-refractivity contribution in [3.8, 4) is 0 Å². The number of hydrogen-bond acceptors (Lipinski definition) is 31. The lowest BCUT2D eigenvalue weighted by molar-refractivity contribution is -0.0698.